The standard InChI is InChI=1S/C21H35N3O2S.HI/c1-5-19(6-2)20-12-13-24(15-20)21(22-7-3)23-14-17-8-10-18(11-9-17)16-27(4,25)26;/h8-11,19-20H,5-7,12-16H2,1-4H3,(H,22,23);1H. The van der Waals surface area contributed by atoms with Crippen LogP contribution in [0.25, 0.3) is 0 Å². The summed E-state index contributed by atoms with van der Waals surface area (Å²) in [5, 5.41) is 3.43. The van der Waals surface area contributed by atoms with Crippen LogP contribution >= 0.6 is 24.0 Å². The van der Waals surface area contributed by atoms with Gasteiger partial charge in [-0.25, -0.2) is 13.4 Å². The van der Waals surface area contributed by atoms with E-state index in [0.29, 0.717) is 6.54 Å². The zero-order valence-corrected chi connectivity index (χ0v) is 20.8. The minimum Gasteiger partial charge on any atom is -0.357 e. The minimum absolute atomic E-state index is 0. The number of benzene rings is 1. The van der Waals surface area contributed by atoms with Crippen LogP contribution in [0.3, 0.4) is 0 Å². The third-order valence-corrected chi connectivity index (χ3v) is 6.30. The zero-order chi connectivity index (χ0) is 19.9. The van der Waals surface area contributed by atoms with Gasteiger partial charge >= 0.3 is 0 Å². The van der Waals surface area contributed by atoms with Crippen LogP contribution in [-0.2, 0) is 22.1 Å². The van der Waals surface area contributed by atoms with Crippen LogP contribution in [0.15, 0.2) is 29.3 Å². The van der Waals surface area contributed by atoms with Gasteiger partial charge in [-0.3, -0.25) is 0 Å². The van der Waals surface area contributed by atoms with Gasteiger partial charge in [-0.15, -0.1) is 24.0 Å². The second kappa shape index (κ2) is 12.0. The molecule has 1 N–H and O–H groups in total. The maximum atomic E-state index is 11.4. The summed E-state index contributed by atoms with van der Waals surface area (Å²) >= 11 is 0. The number of hydrogen-bond acceptors (Lipinski definition) is 3. The molecule has 1 atom stereocenters. The van der Waals surface area contributed by atoms with Crippen molar-refractivity contribution in [3.8, 4) is 0 Å². The van der Waals surface area contributed by atoms with Crippen LogP contribution in [-0.4, -0.2) is 45.2 Å². The van der Waals surface area contributed by atoms with Crippen LogP contribution in [0.4, 0.5) is 0 Å². The number of hydrogen-bond donors (Lipinski definition) is 1. The SMILES string of the molecule is CCNC(=NCc1ccc(CS(C)(=O)=O)cc1)N1CCC(C(CC)CC)C1.I. The molecule has 0 aromatic heterocycles. The third kappa shape index (κ3) is 7.89. The highest BCUT2D eigenvalue weighted by molar-refractivity contribution is 14.0. The largest absolute Gasteiger partial charge is 0.357 e. The summed E-state index contributed by atoms with van der Waals surface area (Å²) in [6.45, 7) is 10.3. The van der Waals surface area contributed by atoms with Gasteiger partial charge in [0.05, 0.1) is 12.3 Å². The third-order valence-electron chi connectivity index (χ3n) is 5.44. The number of rotatable bonds is 8. The molecule has 7 heteroatoms. The first-order valence-electron chi connectivity index (χ1n) is 10.1. The first-order chi connectivity index (χ1) is 12.9. The predicted molar refractivity (Wildman–Crippen MR) is 129 cm³/mol. The van der Waals surface area contributed by atoms with Crippen LogP contribution in [0.2, 0.25) is 0 Å². The number of halogens is 1. The van der Waals surface area contributed by atoms with Gasteiger partial charge in [0.15, 0.2) is 15.8 Å². The molecule has 28 heavy (non-hydrogen) atoms. The molecule has 0 amide bonds. The lowest BCUT2D eigenvalue weighted by atomic mass is 9.87. The molecule has 0 bridgehead atoms. The molecule has 0 radical (unpaired) electrons. The Kier molecular flexibility index (Phi) is 10.8. The highest BCUT2D eigenvalue weighted by atomic mass is 127. The Morgan fingerprint density at radius 1 is 1.18 bits per heavy atom. The van der Waals surface area contributed by atoms with Gasteiger partial charge in [0, 0.05) is 25.9 Å². The molecular weight excluding hydrogens is 485 g/mol. The Labute approximate surface area is 188 Å². The smallest absolute Gasteiger partial charge is 0.194 e. The van der Waals surface area contributed by atoms with Crippen LogP contribution in [0, 0.1) is 11.8 Å². The van der Waals surface area contributed by atoms with E-state index in [0.717, 1.165) is 48.6 Å². The number of aliphatic imine (C=N–C) groups is 1. The van der Waals surface area contributed by atoms with Crippen LogP contribution in [0.1, 0.15) is 51.2 Å². The fourth-order valence-corrected chi connectivity index (χ4v) is 4.75. The minimum atomic E-state index is -3.00. The molecule has 1 fully saturated rings. The fraction of sp³-hybridized carbons (Fsp3) is 0.667. The monoisotopic (exact) mass is 521 g/mol. The Balaban J connectivity index is 0.00000392. The summed E-state index contributed by atoms with van der Waals surface area (Å²) in [4.78, 5) is 7.22. The Bertz CT molecular complexity index is 716. The molecule has 0 saturated carbocycles. The van der Waals surface area contributed by atoms with Crippen LogP contribution < -0.4 is 5.32 Å². The van der Waals surface area contributed by atoms with Crippen molar-refractivity contribution in [2.24, 2.45) is 16.8 Å². The molecular formula is C21H36IN3O2S. The van der Waals surface area contributed by atoms with E-state index in [1.54, 1.807) is 0 Å². The van der Waals surface area contributed by atoms with Crippen molar-refractivity contribution in [1.82, 2.24) is 10.2 Å². The molecule has 1 aromatic carbocycles. The molecule has 1 heterocycles. The summed E-state index contributed by atoms with van der Waals surface area (Å²) in [6, 6.07) is 7.73. The number of guanidine groups is 1. The molecule has 0 aliphatic carbocycles. The highest BCUT2D eigenvalue weighted by Crippen LogP contribution is 2.28. The topological polar surface area (TPSA) is 61.8 Å². The molecule has 5 nitrogen and oxygen atoms in total. The fourth-order valence-electron chi connectivity index (χ4n) is 3.96. The Morgan fingerprint density at radius 3 is 2.32 bits per heavy atom. The van der Waals surface area contributed by atoms with E-state index in [-0.39, 0.29) is 29.7 Å². The molecule has 1 aliphatic heterocycles. The second-order valence-corrected chi connectivity index (χ2v) is 9.77. The molecule has 1 aliphatic rings. The summed E-state index contributed by atoms with van der Waals surface area (Å²) in [5.74, 6) is 2.65. The maximum absolute atomic E-state index is 11.4. The number of nitrogens with zero attached hydrogens (tertiary/aromatic N) is 2. The Morgan fingerprint density at radius 2 is 1.79 bits per heavy atom. The molecule has 0 spiro atoms. The summed E-state index contributed by atoms with van der Waals surface area (Å²) in [6.07, 6.45) is 5.01. The van der Waals surface area contributed by atoms with Gasteiger partial charge in [0.1, 0.15) is 0 Å². The molecule has 160 valence electrons. The molecule has 2 rings (SSSR count). The first-order valence-corrected chi connectivity index (χ1v) is 12.2. The maximum Gasteiger partial charge on any atom is 0.194 e. The lowest BCUT2D eigenvalue weighted by molar-refractivity contribution is 0.319. The lowest BCUT2D eigenvalue weighted by Gasteiger charge is -2.24. The zero-order valence-electron chi connectivity index (χ0n) is 17.6. The average Bonchev–Trinajstić information content (AvgIpc) is 3.09. The van der Waals surface area contributed by atoms with E-state index in [2.05, 4.69) is 31.0 Å². The van der Waals surface area contributed by atoms with Crippen molar-refractivity contribution in [2.75, 3.05) is 25.9 Å². The number of sulfone groups is 1. The van der Waals surface area contributed by atoms with Crippen molar-refractivity contribution < 1.29 is 8.42 Å². The predicted octanol–water partition coefficient (Wildman–Crippen LogP) is 4.07. The van der Waals surface area contributed by atoms with Gasteiger partial charge in [-0.05, 0) is 36.3 Å². The van der Waals surface area contributed by atoms with Crippen molar-refractivity contribution in [3.05, 3.63) is 35.4 Å². The van der Waals surface area contributed by atoms with Gasteiger partial charge in [0.25, 0.3) is 0 Å². The van der Waals surface area contributed by atoms with Gasteiger partial charge in [-0.2, -0.15) is 0 Å². The summed E-state index contributed by atoms with van der Waals surface area (Å²) < 4.78 is 22.8. The molecule has 1 unspecified atom stereocenters. The van der Waals surface area contributed by atoms with Crippen LogP contribution in [0.5, 0.6) is 0 Å². The molecule has 1 saturated heterocycles. The second-order valence-electron chi connectivity index (χ2n) is 7.63. The summed E-state index contributed by atoms with van der Waals surface area (Å²) in [5.41, 5.74) is 1.92. The van der Waals surface area contributed by atoms with E-state index in [4.69, 9.17) is 4.99 Å². The van der Waals surface area contributed by atoms with E-state index in [1.807, 2.05) is 24.3 Å². The van der Waals surface area contributed by atoms with Crippen molar-refractivity contribution in [2.45, 2.75) is 52.3 Å². The van der Waals surface area contributed by atoms with E-state index in [9.17, 15) is 8.42 Å². The van der Waals surface area contributed by atoms with Gasteiger partial charge < -0.3 is 10.2 Å². The van der Waals surface area contributed by atoms with Crippen molar-refractivity contribution in [1.29, 1.82) is 0 Å². The van der Waals surface area contributed by atoms with E-state index in [1.165, 1.54) is 25.5 Å². The van der Waals surface area contributed by atoms with Crippen molar-refractivity contribution in [3.63, 3.8) is 0 Å². The molecule has 1 aromatic rings. The normalized spacial score (nSPS) is 17.7. The number of nitrogens with one attached hydrogen (secondary N) is 1. The average molecular weight is 522 g/mol. The summed E-state index contributed by atoms with van der Waals surface area (Å²) in [7, 11) is -3.00. The Hall–Kier alpha value is -0.830. The lowest BCUT2D eigenvalue weighted by Crippen LogP contribution is -2.40. The van der Waals surface area contributed by atoms with E-state index < -0.39 is 9.84 Å². The van der Waals surface area contributed by atoms with Gasteiger partial charge in [0.2, 0.25) is 0 Å². The first kappa shape index (κ1) is 25.2. The van der Waals surface area contributed by atoms with Crippen molar-refractivity contribution >= 4 is 39.8 Å². The van der Waals surface area contributed by atoms with Gasteiger partial charge in [-0.1, -0.05) is 51.0 Å². The van der Waals surface area contributed by atoms with E-state index >= 15 is 0 Å². The quantitative estimate of drug-likeness (QED) is 0.318. The highest BCUT2D eigenvalue weighted by Gasteiger charge is 2.29. The number of likely N-dealkylation sites (tertiary alicyclic amines) is 1.